The molecule has 0 aromatic heterocycles. The van der Waals surface area contributed by atoms with Crippen molar-refractivity contribution in [3.63, 3.8) is 0 Å². The molecule has 0 radical (unpaired) electrons. The van der Waals surface area contributed by atoms with Crippen molar-refractivity contribution in [3.05, 3.63) is 47.5 Å². The number of anilines is 2. The van der Waals surface area contributed by atoms with Gasteiger partial charge in [0.05, 0.1) is 6.54 Å². The highest BCUT2D eigenvalue weighted by Crippen LogP contribution is 2.32. The van der Waals surface area contributed by atoms with E-state index in [-0.39, 0.29) is 25.2 Å². The number of fused-ring (bicyclic) bond motifs is 1. The normalized spacial score (nSPS) is 11.9. The molecule has 7 nitrogen and oxygen atoms in total. The van der Waals surface area contributed by atoms with E-state index in [2.05, 4.69) is 10.6 Å². The molecule has 0 spiro atoms. The molecule has 0 aliphatic carbocycles. The molecule has 1 heterocycles. The molecule has 0 saturated carbocycles. The third kappa shape index (κ3) is 3.31. The fourth-order valence-electron chi connectivity index (χ4n) is 2.28. The van der Waals surface area contributed by atoms with Crippen LogP contribution in [0.4, 0.5) is 11.4 Å². The lowest BCUT2D eigenvalue weighted by Crippen LogP contribution is -2.22. The van der Waals surface area contributed by atoms with Crippen molar-refractivity contribution in [3.8, 4) is 11.5 Å². The Morgan fingerprint density at radius 1 is 1.08 bits per heavy atom. The minimum atomic E-state index is -0.294. The Hall–Kier alpha value is -3.06. The van der Waals surface area contributed by atoms with Crippen LogP contribution in [0.1, 0.15) is 15.9 Å². The molecule has 1 aliphatic rings. The van der Waals surface area contributed by atoms with Gasteiger partial charge >= 0.3 is 0 Å². The summed E-state index contributed by atoms with van der Waals surface area (Å²) in [6.45, 7) is 1.91. The van der Waals surface area contributed by atoms with Crippen molar-refractivity contribution in [2.24, 2.45) is 5.73 Å². The molecular formula is C17H17N3O4. The number of hydrogen-bond donors (Lipinski definition) is 3. The first-order valence-corrected chi connectivity index (χ1v) is 7.38. The summed E-state index contributed by atoms with van der Waals surface area (Å²) in [5.74, 6) is 0.585. The Balaban J connectivity index is 1.77. The first-order chi connectivity index (χ1) is 11.6. The molecule has 24 heavy (non-hydrogen) atoms. The molecule has 124 valence electrons. The maximum Gasteiger partial charge on any atom is 0.255 e. The zero-order chi connectivity index (χ0) is 17.1. The summed E-state index contributed by atoms with van der Waals surface area (Å²) in [7, 11) is 0. The van der Waals surface area contributed by atoms with E-state index in [4.69, 9.17) is 15.2 Å². The van der Waals surface area contributed by atoms with Crippen molar-refractivity contribution in [2.45, 2.75) is 6.92 Å². The van der Waals surface area contributed by atoms with E-state index in [0.29, 0.717) is 28.4 Å². The minimum Gasteiger partial charge on any atom is -0.454 e. The second-order valence-electron chi connectivity index (χ2n) is 5.30. The van der Waals surface area contributed by atoms with Crippen LogP contribution in [0.2, 0.25) is 0 Å². The van der Waals surface area contributed by atoms with Crippen LogP contribution >= 0.6 is 0 Å². The fourth-order valence-corrected chi connectivity index (χ4v) is 2.28. The molecule has 1 aliphatic heterocycles. The molecule has 4 N–H and O–H groups in total. The lowest BCUT2D eigenvalue weighted by atomic mass is 10.1. The Morgan fingerprint density at radius 3 is 2.67 bits per heavy atom. The van der Waals surface area contributed by atoms with Crippen molar-refractivity contribution in [1.29, 1.82) is 0 Å². The van der Waals surface area contributed by atoms with Gasteiger partial charge < -0.3 is 25.8 Å². The van der Waals surface area contributed by atoms with Crippen molar-refractivity contribution >= 4 is 23.2 Å². The molecule has 2 aromatic rings. The highest BCUT2D eigenvalue weighted by Gasteiger charge is 2.16. The zero-order valence-corrected chi connectivity index (χ0v) is 13.1. The highest BCUT2D eigenvalue weighted by molar-refractivity contribution is 6.05. The summed E-state index contributed by atoms with van der Waals surface area (Å²) >= 11 is 0. The standard InChI is InChI=1S/C17H17N3O4/c1-10-2-4-12(7-13(10)20-16(21)8-18)19-17(22)11-3-5-14-15(6-11)24-9-23-14/h2-7H,8-9,18H2,1H3,(H,19,22)(H,20,21). The van der Waals surface area contributed by atoms with Crippen LogP contribution in [0.5, 0.6) is 11.5 Å². The Morgan fingerprint density at radius 2 is 1.88 bits per heavy atom. The molecule has 7 heteroatoms. The number of aryl methyl sites for hydroxylation is 1. The Kier molecular flexibility index (Phi) is 4.35. The van der Waals surface area contributed by atoms with E-state index >= 15 is 0 Å². The molecule has 3 rings (SSSR count). The molecule has 0 bridgehead atoms. The van der Waals surface area contributed by atoms with Crippen LogP contribution < -0.4 is 25.8 Å². The smallest absolute Gasteiger partial charge is 0.255 e. The van der Waals surface area contributed by atoms with Gasteiger partial charge in [-0.05, 0) is 42.8 Å². The minimum absolute atomic E-state index is 0.104. The van der Waals surface area contributed by atoms with Gasteiger partial charge in [-0.1, -0.05) is 6.07 Å². The number of hydrogen-bond acceptors (Lipinski definition) is 5. The number of nitrogens with one attached hydrogen (secondary N) is 2. The number of benzene rings is 2. The van der Waals surface area contributed by atoms with Gasteiger partial charge in [-0.25, -0.2) is 0 Å². The van der Waals surface area contributed by atoms with E-state index in [0.717, 1.165) is 5.56 Å². The Bertz CT molecular complexity index is 804. The average Bonchev–Trinajstić information content (AvgIpc) is 3.05. The summed E-state index contributed by atoms with van der Waals surface area (Å²) < 4.78 is 10.5. The number of carbonyl (C=O) groups is 2. The predicted octanol–water partition coefficient (Wildman–Crippen LogP) is 1.87. The monoisotopic (exact) mass is 327 g/mol. The summed E-state index contributed by atoms with van der Waals surface area (Å²) in [6.07, 6.45) is 0. The second kappa shape index (κ2) is 6.59. The largest absolute Gasteiger partial charge is 0.454 e. The Labute approximate surface area is 138 Å². The van der Waals surface area contributed by atoms with E-state index in [1.54, 1.807) is 36.4 Å². The average molecular weight is 327 g/mol. The summed E-state index contributed by atoms with van der Waals surface area (Å²) in [5.41, 5.74) is 7.80. The summed E-state index contributed by atoms with van der Waals surface area (Å²) in [4.78, 5) is 23.8. The maximum absolute atomic E-state index is 12.4. The van der Waals surface area contributed by atoms with Crippen LogP contribution in [0.15, 0.2) is 36.4 Å². The first-order valence-electron chi connectivity index (χ1n) is 7.38. The number of nitrogens with two attached hydrogens (primary N) is 1. The SMILES string of the molecule is Cc1ccc(NC(=O)c2ccc3c(c2)OCO3)cc1NC(=O)CN. The first kappa shape index (κ1) is 15.8. The number of amides is 2. The zero-order valence-electron chi connectivity index (χ0n) is 13.1. The molecule has 0 unspecified atom stereocenters. The van der Waals surface area contributed by atoms with E-state index in [1.807, 2.05) is 6.92 Å². The quantitative estimate of drug-likeness (QED) is 0.795. The van der Waals surface area contributed by atoms with E-state index in [9.17, 15) is 9.59 Å². The molecular weight excluding hydrogens is 310 g/mol. The van der Waals surface area contributed by atoms with Gasteiger partial charge in [-0.15, -0.1) is 0 Å². The number of carbonyl (C=O) groups excluding carboxylic acids is 2. The lowest BCUT2D eigenvalue weighted by molar-refractivity contribution is -0.114. The predicted molar refractivity (Wildman–Crippen MR) is 89.4 cm³/mol. The number of ether oxygens (including phenoxy) is 2. The van der Waals surface area contributed by atoms with Crippen LogP contribution in [0, 0.1) is 6.92 Å². The maximum atomic E-state index is 12.4. The van der Waals surface area contributed by atoms with Gasteiger partial charge in [-0.3, -0.25) is 9.59 Å². The third-order valence-corrected chi connectivity index (χ3v) is 3.59. The molecule has 0 atom stereocenters. The van der Waals surface area contributed by atoms with Crippen molar-refractivity contribution < 1.29 is 19.1 Å². The highest BCUT2D eigenvalue weighted by atomic mass is 16.7. The number of rotatable bonds is 4. The van der Waals surface area contributed by atoms with Crippen LogP contribution in [0.3, 0.4) is 0 Å². The van der Waals surface area contributed by atoms with Gasteiger partial charge in [0.1, 0.15) is 0 Å². The van der Waals surface area contributed by atoms with Crippen LogP contribution in [-0.2, 0) is 4.79 Å². The fraction of sp³-hybridized carbons (Fsp3) is 0.176. The van der Waals surface area contributed by atoms with Crippen LogP contribution in [-0.4, -0.2) is 25.2 Å². The van der Waals surface area contributed by atoms with Gasteiger partial charge in [-0.2, -0.15) is 0 Å². The summed E-state index contributed by atoms with van der Waals surface area (Å²) in [5, 5.41) is 5.49. The van der Waals surface area contributed by atoms with Crippen molar-refractivity contribution in [1.82, 2.24) is 0 Å². The van der Waals surface area contributed by atoms with Gasteiger partial charge in [0, 0.05) is 16.9 Å². The molecule has 2 aromatic carbocycles. The van der Waals surface area contributed by atoms with Crippen LogP contribution in [0.25, 0.3) is 0 Å². The van der Waals surface area contributed by atoms with E-state index in [1.165, 1.54) is 0 Å². The second-order valence-corrected chi connectivity index (χ2v) is 5.30. The van der Waals surface area contributed by atoms with Gasteiger partial charge in [0.15, 0.2) is 11.5 Å². The van der Waals surface area contributed by atoms with Crippen molar-refractivity contribution in [2.75, 3.05) is 24.0 Å². The molecule has 2 amide bonds. The topological polar surface area (TPSA) is 103 Å². The van der Waals surface area contributed by atoms with Gasteiger partial charge in [0.2, 0.25) is 12.7 Å². The van der Waals surface area contributed by atoms with E-state index < -0.39 is 0 Å². The third-order valence-electron chi connectivity index (χ3n) is 3.59. The summed E-state index contributed by atoms with van der Waals surface area (Å²) in [6, 6.07) is 10.2. The molecule has 0 saturated heterocycles. The lowest BCUT2D eigenvalue weighted by Gasteiger charge is -2.11. The molecule has 0 fully saturated rings. The van der Waals surface area contributed by atoms with Gasteiger partial charge in [0.25, 0.3) is 5.91 Å².